The second kappa shape index (κ2) is 9.87. The number of aliphatic hydroxyl groups is 4. The number of carbonyl (C=O) groups excluding carboxylic acids is 1. The minimum absolute atomic E-state index is 0.144. The van der Waals surface area contributed by atoms with Crippen LogP contribution in [0.4, 0.5) is 0 Å². The van der Waals surface area contributed by atoms with Crippen molar-refractivity contribution in [3.63, 3.8) is 0 Å². The Bertz CT molecular complexity index is 946. The molecule has 172 valence electrons. The maximum atomic E-state index is 11.8. The smallest absolute Gasteiger partial charge is 0.173 e. The highest BCUT2D eigenvalue weighted by atomic mass is 35.5. The van der Waals surface area contributed by atoms with E-state index in [0.29, 0.717) is 29.2 Å². The third kappa shape index (κ3) is 4.83. The van der Waals surface area contributed by atoms with Gasteiger partial charge in [-0.15, -0.1) is 0 Å². The van der Waals surface area contributed by atoms with Gasteiger partial charge in [0.15, 0.2) is 11.9 Å². The van der Waals surface area contributed by atoms with Crippen LogP contribution in [-0.2, 0) is 16.0 Å². The highest BCUT2D eigenvalue weighted by Gasteiger charge is 2.44. The lowest BCUT2D eigenvalue weighted by atomic mass is 9.90. The summed E-state index contributed by atoms with van der Waals surface area (Å²) in [6, 6.07) is 12.6. The molecule has 0 aromatic heterocycles. The maximum Gasteiger partial charge on any atom is 0.173 e. The number of hydrogen-bond acceptors (Lipinski definition) is 7. The molecule has 1 aliphatic heterocycles. The van der Waals surface area contributed by atoms with Crippen molar-refractivity contribution in [3.8, 4) is 5.75 Å². The van der Waals surface area contributed by atoms with E-state index in [0.717, 1.165) is 24.0 Å². The van der Waals surface area contributed by atoms with Crippen molar-refractivity contribution in [1.29, 1.82) is 0 Å². The minimum atomic E-state index is -1.44. The number of Topliss-reactive ketones (excluding diaryl/α,β-unsaturated/α-hetero) is 1. The fourth-order valence-electron chi connectivity index (χ4n) is 4.26. The molecule has 4 N–H and O–H groups in total. The van der Waals surface area contributed by atoms with Crippen LogP contribution in [0.15, 0.2) is 42.5 Å². The standard InChI is InChI=1S/C24H27ClO7/c25-17-9-6-14(24-23(30)22(29)21(28)20(12-26)32-24)11-15(17)10-13-4-7-16(8-5-13)31-19-3-1-2-18(19)27/h4-9,11,19-24,26,28-30H,1-3,10,12H2/t19?,20-,21-,22+,23-,24+/m1/s1. The lowest BCUT2D eigenvalue weighted by Crippen LogP contribution is -2.55. The molecule has 1 heterocycles. The predicted octanol–water partition coefficient (Wildman–Crippen LogP) is 1.95. The zero-order chi connectivity index (χ0) is 22.8. The van der Waals surface area contributed by atoms with E-state index >= 15 is 0 Å². The van der Waals surface area contributed by atoms with Crippen molar-refractivity contribution in [1.82, 2.24) is 0 Å². The monoisotopic (exact) mass is 462 g/mol. The molecule has 0 radical (unpaired) electrons. The third-order valence-corrected chi connectivity index (χ3v) is 6.50. The van der Waals surface area contributed by atoms with Gasteiger partial charge in [0.1, 0.15) is 36.3 Å². The quantitative estimate of drug-likeness (QED) is 0.518. The van der Waals surface area contributed by atoms with E-state index in [1.54, 1.807) is 18.2 Å². The van der Waals surface area contributed by atoms with Crippen LogP contribution < -0.4 is 4.74 Å². The van der Waals surface area contributed by atoms with Gasteiger partial charge in [-0.25, -0.2) is 0 Å². The molecule has 6 atom stereocenters. The molecule has 1 saturated carbocycles. The van der Waals surface area contributed by atoms with E-state index in [1.165, 1.54) is 0 Å². The van der Waals surface area contributed by atoms with Gasteiger partial charge in [-0.1, -0.05) is 35.9 Å². The summed E-state index contributed by atoms with van der Waals surface area (Å²) in [6.07, 6.45) is -3.74. The molecule has 2 aliphatic rings. The van der Waals surface area contributed by atoms with Gasteiger partial charge in [0.05, 0.1) is 6.61 Å². The zero-order valence-corrected chi connectivity index (χ0v) is 18.2. The van der Waals surface area contributed by atoms with Gasteiger partial charge in [-0.3, -0.25) is 4.79 Å². The van der Waals surface area contributed by atoms with E-state index in [2.05, 4.69) is 0 Å². The number of halogens is 1. The summed E-state index contributed by atoms with van der Waals surface area (Å²) in [5, 5.41) is 40.4. The molecule has 0 amide bonds. The average molecular weight is 463 g/mol. The molecule has 2 aromatic carbocycles. The minimum Gasteiger partial charge on any atom is -0.483 e. The Morgan fingerprint density at radius 1 is 1.03 bits per heavy atom. The van der Waals surface area contributed by atoms with Crippen LogP contribution in [0.3, 0.4) is 0 Å². The molecule has 1 aliphatic carbocycles. The second-order valence-electron chi connectivity index (χ2n) is 8.39. The van der Waals surface area contributed by atoms with Gasteiger partial charge in [-0.2, -0.15) is 0 Å². The summed E-state index contributed by atoms with van der Waals surface area (Å²) in [5.41, 5.74) is 2.35. The average Bonchev–Trinajstić information content (AvgIpc) is 3.19. The second-order valence-corrected chi connectivity index (χ2v) is 8.79. The molecule has 0 bridgehead atoms. The predicted molar refractivity (Wildman–Crippen MR) is 117 cm³/mol. The first kappa shape index (κ1) is 23.2. The Morgan fingerprint density at radius 3 is 2.44 bits per heavy atom. The summed E-state index contributed by atoms with van der Waals surface area (Å²) in [5.74, 6) is 0.793. The first-order valence-corrected chi connectivity index (χ1v) is 11.1. The fourth-order valence-corrected chi connectivity index (χ4v) is 4.45. The Labute approximate surface area is 191 Å². The van der Waals surface area contributed by atoms with Crippen LogP contribution >= 0.6 is 11.6 Å². The first-order valence-electron chi connectivity index (χ1n) is 10.7. The van der Waals surface area contributed by atoms with Gasteiger partial charge in [-0.05, 0) is 54.2 Å². The van der Waals surface area contributed by atoms with Crippen LogP contribution in [0.25, 0.3) is 0 Å². The molecule has 2 fully saturated rings. The Balaban J connectivity index is 1.49. The van der Waals surface area contributed by atoms with Crippen molar-refractivity contribution in [2.45, 2.75) is 62.3 Å². The normalized spacial score (nSPS) is 30.5. The first-order chi connectivity index (χ1) is 15.4. The van der Waals surface area contributed by atoms with Gasteiger partial charge >= 0.3 is 0 Å². The van der Waals surface area contributed by atoms with Crippen LogP contribution in [0.5, 0.6) is 5.75 Å². The largest absolute Gasteiger partial charge is 0.483 e. The van der Waals surface area contributed by atoms with Crippen LogP contribution in [0.2, 0.25) is 5.02 Å². The van der Waals surface area contributed by atoms with Gasteiger partial charge in [0.2, 0.25) is 0 Å². The Kier molecular flexibility index (Phi) is 7.14. The molecule has 8 heteroatoms. The highest BCUT2D eigenvalue weighted by molar-refractivity contribution is 6.31. The van der Waals surface area contributed by atoms with Crippen molar-refractivity contribution < 1.29 is 34.7 Å². The fraction of sp³-hybridized carbons (Fsp3) is 0.458. The van der Waals surface area contributed by atoms with Crippen molar-refractivity contribution in [2.24, 2.45) is 0 Å². The zero-order valence-electron chi connectivity index (χ0n) is 17.4. The number of hydrogen-bond donors (Lipinski definition) is 4. The number of aliphatic hydroxyl groups excluding tert-OH is 4. The molecule has 1 saturated heterocycles. The van der Waals surface area contributed by atoms with E-state index < -0.39 is 37.1 Å². The van der Waals surface area contributed by atoms with Crippen molar-refractivity contribution >= 4 is 17.4 Å². The molecule has 32 heavy (non-hydrogen) atoms. The molecular formula is C24H27ClO7. The van der Waals surface area contributed by atoms with Gasteiger partial charge in [0, 0.05) is 11.4 Å². The summed E-state index contributed by atoms with van der Waals surface area (Å²) in [4.78, 5) is 11.8. The molecular weight excluding hydrogens is 436 g/mol. The van der Waals surface area contributed by atoms with Crippen LogP contribution in [0.1, 0.15) is 42.1 Å². The van der Waals surface area contributed by atoms with Gasteiger partial charge in [0.25, 0.3) is 0 Å². The summed E-state index contributed by atoms with van der Waals surface area (Å²) in [7, 11) is 0. The van der Waals surface area contributed by atoms with E-state index in [-0.39, 0.29) is 11.9 Å². The SMILES string of the molecule is O=C1CCCC1Oc1ccc(Cc2cc([C@@H]3O[C@H](CO)[C@@H](O)[C@H](O)[C@H]3O)ccc2Cl)cc1. The molecule has 2 aromatic rings. The number of benzene rings is 2. The topological polar surface area (TPSA) is 116 Å². The third-order valence-electron chi connectivity index (χ3n) is 6.14. The Hall–Kier alpha value is -2.00. The number of carbonyl (C=O) groups is 1. The summed E-state index contributed by atoms with van der Waals surface area (Å²) >= 11 is 6.40. The van der Waals surface area contributed by atoms with Crippen molar-refractivity contribution in [2.75, 3.05) is 6.61 Å². The van der Waals surface area contributed by atoms with E-state index in [9.17, 15) is 25.2 Å². The summed E-state index contributed by atoms with van der Waals surface area (Å²) in [6.45, 7) is -0.483. The summed E-state index contributed by atoms with van der Waals surface area (Å²) < 4.78 is 11.4. The highest BCUT2D eigenvalue weighted by Crippen LogP contribution is 2.34. The van der Waals surface area contributed by atoms with Gasteiger partial charge < -0.3 is 29.9 Å². The van der Waals surface area contributed by atoms with Crippen LogP contribution in [-0.4, -0.2) is 63.3 Å². The maximum absolute atomic E-state index is 11.8. The number of rotatable bonds is 6. The van der Waals surface area contributed by atoms with Crippen molar-refractivity contribution in [3.05, 3.63) is 64.2 Å². The number of ether oxygens (including phenoxy) is 2. The molecule has 4 rings (SSSR count). The van der Waals surface area contributed by atoms with E-state index in [1.807, 2.05) is 24.3 Å². The van der Waals surface area contributed by atoms with E-state index in [4.69, 9.17) is 21.1 Å². The van der Waals surface area contributed by atoms with Crippen LogP contribution in [0, 0.1) is 0 Å². The lowest BCUT2D eigenvalue weighted by molar-refractivity contribution is -0.231. The molecule has 1 unspecified atom stereocenters. The molecule has 0 spiro atoms. The lowest BCUT2D eigenvalue weighted by Gasteiger charge is -2.40. The molecule has 7 nitrogen and oxygen atoms in total. The number of ketones is 1. The Morgan fingerprint density at radius 2 is 1.78 bits per heavy atom.